The van der Waals surface area contributed by atoms with Gasteiger partial charge < -0.3 is 0 Å². The van der Waals surface area contributed by atoms with E-state index in [1.54, 1.807) is 0 Å². The van der Waals surface area contributed by atoms with Crippen molar-refractivity contribution in [2.75, 3.05) is 0 Å². The Hall–Kier alpha value is 0. The lowest BCUT2D eigenvalue weighted by Gasteiger charge is -2.49. The van der Waals surface area contributed by atoms with Crippen LogP contribution in [-0.4, -0.2) is 0 Å². The molecule has 2 aliphatic rings. The van der Waals surface area contributed by atoms with Crippen molar-refractivity contribution >= 4 is 0 Å². The van der Waals surface area contributed by atoms with Gasteiger partial charge in [-0.15, -0.1) is 0 Å². The Balaban J connectivity index is 2.09. The monoisotopic (exact) mass is 138 g/mol. The van der Waals surface area contributed by atoms with Gasteiger partial charge in [-0.25, -0.2) is 0 Å². The summed E-state index contributed by atoms with van der Waals surface area (Å²) in [7, 11) is 0. The summed E-state index contributed by atoms with van der Waals surface area (Å²) in [6.45, 7) is 7.30. The van der Waals surface area contributed by atoms with Crippen molar-refractivity contribution in [2.45, 2.75) is 40.0 Å². The third-order valence-electron chi connectivity index (χ3n) is 3.95. The molecule has 0 bridgehead atoms. The van der Waals surface area contributed by atoms with Crippen LogP contribution in [0.1, 0.15) is 40.0 Å². The molecule has 0 aliphatic heterocycles. The number of fused-ring (bicyclic) bond motifs is 1. The summed E-state index contributed by atoms with van der Waals surface area (Å²) in [5.74, 6) is 3.23. The molecule has 0 heteroatoms. The van der Waals surface area contributed by atoms with E-state index < -0.39 is 0 Å². The molecule has 3 unspecified atom stereocenters. The van der Waals surface area contributed by atoms with Gasteiger partial charge in [0.25, 0.3) is 0 Å². The zero-order chi connectivity index (χ0) is 7.35. The van der Waals surface area contributed by atoms with Gasteiger partial charge in [-0.1, -0.05) is 27.2 Å². The first-order valence-electron chi connectivity index (χ1n) is 4.61. The van der Waals surface area contributed by atoms with Gasteiger partial charge in [0, 0.05) is 0 Å². The highest BCUT2D eigenvalue weighted by molar-refractivity contribution is 5.01. The second-order valence-electron chi connectivity index (χ2n) is 5.02. The fourth-order valence-electron chi connectivity index (χ4n) is 3.18. The van der Waals surface area contributed by atoms with Crippen LogP contribution in [0.25, 0.3) is 0 Å². The lowest BCUT2D eigenvalue weighted by atomic mass is 9.56. The van der Waals surface area contributed by atoms with Crippen LogP contribution >= 0.6 is 0 Å². The molecule has 2 saturated carbocycles. The van der Waals surface area contributed by atoms with Crippen LogP contribution in [0.2, 0.25) is 0 Å². The van der Waals surface area contributed by atoms with Gasteiger partial charge in [-0.05, 0) is 36.0 Å². The maximum absolute atomic E-state index is 2.44. The highest BCUT2D eigenvalue weighted by Crippen LogP contribution is 2.60. The molecule has 58 valence electrons. The normalized spacial score (nSPS) is 50.1. The summed E-state index contributed by atoms with van der Waals surface area (Å²) in [6, 6.07) is 0. The van der Waals surface area contributed by atoms with Crippen molar-refractivity contribution in [3.8, 4) is 0 Å². The van der Waals surface area contributed by atoms with Crippen molar-refractivity contribution in [2.24, 2.45) is 23.2 Å². The molecule has 2 rings (SSSR count). The molecule has 0 aromatic carbocycles. The van der Waals surface area contributed by atoms with Crippen molar-refractivity contribution < 1.29 is 0 Å². The molecule has 10 heavy (non-hydrogen) atoms. The topological polar surface area (TPSA) is 0 Å². The van der Waals surface area contributed by atoms with E-state index in [1.165, 1.54) is 19.3 Å². The van der Waals surface area contributed by atoms with Crippen molar-refractivity contribution in [3.05, 3.63) is 0 Å². The average molecular weight is 138 g/mol. The number of hydrogen-bond acceptors (Lipinski definition) is 0. The average Bonchev–Trinajstić information content (AvgIpc) is 2.09. The van der Waals surface area contributed by atoms with Crippen molar-refractivity contribution in [3.63, 3.8) is 0 Å². The van der Waals surface area contributed by atoms with Crippen LogP contribution in [0, 0.1) is 23.2 Å². The van der Waals surface area contributed by atoms with Crippen LogP contribution in [0.4, 0.5) is 0 Å². The molecule has 0 nitrogen and oxygen atoms in total. The summed E-state index contributed by atoms with van der Waals surface area (Å²) in [5.41, 5.74) is 0.704. The third kappa shape index (κ3) is 0.681. The number of hydrogen-bond donors (Lipinski definition) is 0. The van der Waals surface area contributed by atoms with E-state index in [4.69, 9.17) is 0 Å². The van der Waals surface area contributed by atoms with E-state index in [9.17, 15) is 0 Å². The highest BCUT2D eigenvalue weighted by atomic mass is 14.6. The number of rotatable bonds is 0. The molecular formula is C10H18. The van der Waals surface area contributed by atoms with E-state index in [1.807, 2.05) is 0 Å². The molecule has 0 amide bonds. The van der Waals surface area contributed by atoms with Gasteiger partial charge in [0.15, 0.2) is 0 Å². The van der Waals surface area contributed by atoms with Gasteiger partial charge in [0.2, 0.25) is 0 Å². The summed E-state index contributed by atoms with van der Waals surface area (Å²) in [4.78, 5) is 0. The quantitative estimate of drug-likeness (QED) is 0.482. The Morgan fingerprint density at radius 1 is 1.20 bits per heavy atom. The van der Waals surface area contributed by atoms with Crippen LogP contribution in [0.3, 0.4) is 0 Å². The minimum Gasteiger partial charge on any atom is -0.0622 e. The minimum absolute atomic E-state index is 0.704. The molecule has 0 N–H and O–H groups in total. The first-order valence-corrected chi connectivity index (χ1v) is 4.61. The second kappa shape index (κ2) is 1.78. The smallest absolute Gasteiger partial charge is 0.0320 e. The van der Waals surface area contributed by atoms with Gasteiger partial charge >= 0.3 is 0 Å². The SMILES string of the molecule is CC1CCC2C1CC2(C)C. The molecule has 3 atom stereocenters. The lowest BCUT2D eigenvalue weighted by molar-refractivity contribution is -0.00273. The molecule has 2 fully saturated rings. The van der Waals surface area contributed by atoms with Crippen LogP contribution in [-0.2, 0) is 0 Å². The summed E-state index contributed by atoms with van der Waals surface area (Å²) in [6.07, 6.45) is 4.51. The van der Waals surface area contributed by atoms with Gasteiger partial charge in [0.05, 0.1) is 0 Å². The van der Waals surface area contributed by atoms with Crippen LogP contribution in [0.5, 0.6) is 0 Å². The molecule has 2 aliphatic carbocycles. The van der Waals surface area contributed by atoms with E-state index in [0.29, 0.717) is 5.41 Å². The molecule has 0 heterocycles. The fraction of sp³-hybridized carbons (Fsp3) is 1.00. The Bertz CT molecular complexity index is 146. The molecule has 0 aromatic heterocycles. The Morgan fingerprint density at radius 3 is 2.30 bits per heavy atom. The first kappa shape index (κ1) is 6.69. The summed E-state index contributed by atoms with van der Waals surface area (Å²) < 4.78 is 0. The Kier molecular flexibility index (Phi) is 1.19. The van der Waals surface area contributed by atoms with Gasteiger partial charge in [-0.3, -0.25) is 0 Å². The largest absolute Gasteiger partial charge is 0.0622 e. The molecule has 0 spiro atoms. The minimum atomic E-state index is 0.704. The standard InChI is InChI=1S/C10H18/c1-7-4-5-9-8(7)6-10(9,2)3/h7-9H,4-6H2,1-3H3. The molecule has 0 radical (unpaired) electrons. The van der Waals surface area contributed by atoms with Crippen molar-refractivity contribution in [1.29, 1.82) is 0 Å². The Labute approximate surface area is 64.0 Å². The van der Waals surface area contributed by atoms with Crippen LogP contribution in [0.15, 0.2) is 0 Å². The second-order valence-corrected chi connectivity index (χ2v) is 5.02. The summed E-state index contributed by atoms with van der Waals surface area (Å²) in [5, 5.41) is 0. The fourth-order valence-corrected chi connectivity index (χ4v) is 3.18. The molecule has 0 saturated heterocycles. The molecule has 0 aromatic rings. The predicted octanol–water partition coefficient (Wildman–Crippen LogP) is 3.08. The van der Waals surface area contributed by atoms with E-state index in [2.05, 4.69) is 20.8 Å². The van der Waals surface area contributed by atoms with E-state index >= 15 is 0 Å². The first-order chi connectivity index (χ1) is 4.61. The van der Waals surface area contributed by atoms with Gasteiger partial charge in [0.1, 0.15) is 0 Å². The lowest BCUT2D eigenvalue weighted by Crippen LogP contribution is -2.42. The van der Waals surface area contributed by atoms with E-state index in [0.717, 1.165) is 17.8 Å². The zero-order valence-corrected chi connectivity index (χ0v) is 7.35. The summed E-state index contributed by atoms with van der Waals surface area (Å²) >= 11 is 0. The molecular weight excluding hydrogens is 120 g/mol. The van der Waals surface area contributed by atoms with Crippen LogP contribution < -0.4 is 0 Å². The van der Waals surface area contributed by atoms with Crippen molar-refractivity contribution in [1.82, 2.24) is 0 Å². The Morgan fingerprint density at radius 2 is 1.90 bits per heavy atom. The van der Waals surface area contributed by atoms with Gasteiger partial charge in [-0.2, -0.15) is 0 Å². The zero-order valence-electron chi connectivity index (χ0n) is 7.35. The third-order valence-corrected chi connectivity index (χ3v) is 3.95. The predicted molar refractivity (Wildman–Crippen MR) is 43.8 cm³/mol. The highest BCUT2D eigenvalue weighted by Gasteiger charge is 2.51. The van der Waals surface area contributed by atoms with E-state index in [-0.39, 0.29) is 0 Å². The maximum atomic E-state index is 2.44. The maximum Gasteiger partial charge on any atom is -0.0320 e.